The molecular weight excluding hydrogens is 388 g/mol. The van der Waals surface area contributed by atoms with Gasteiger partial charge in [-0.15, -0.1) is 0 Å². The summed E-state index contributed by atoms with van der Waals surface area (Å²) in [6.07, 6.45) is -1.81. The number of aryl methyl sites for hydroxylation is 1. The van der Waals surface area contributed by atoms with Gasteiger partial charge in [0, 0.05) is 0 Å². The monoisotopic (exact) mass is 417 g/mol. The summed E-state index contributed by atoms with van der Waals surface area (Å²) < 4.78 is 29.1. The predicted octanol–water partition coefficient (Wildman–Crippen LogP) is 4.10. The highest BCUT2D eigenvalue weighted by molar-refractivity contribution is 7.94. The van der Waals surface area contributed by atoms with E-state index in [0.29, 0.717) is 15.4 Å². The van der Waals surface area contributed by atoms with Crippen LogP contribution in [0.1, 0.15) is 58.2 Å². The van der Waals surface area contributed by atoms with Gasteiger partial charge in [-0.3, -0.25) is 4.72 Å². The van der Waals surface area contributed by atoms with Crippen LogP contribution in [0.4, 0.5) is 16.2 Å². The van der Waals surface area contributed by atoms with E-state index in [-0.39, 0.29) is 11.4 Å². The maximum absolute atomic E-state index is 13.2. The molecule has 2 rings (SSSR count). The van der Waals surface area contributed by atoms with Gasteiger partial charge < -0.3 is 9.90 Å². The van der Waals surface area contributed by atoms with Gasteiger partial charge in [-0.25, -0.2) is 4.31 Å². The van der Waals surface area contributed by atoms with Crippen molar-refractivity contribution in [1.29, 1.82) is 0 Å². The molecule has 6 nitrogen and oxygen atoms in total. The van der Waals surface area contributed by atoms with Gasteiger partial charge in [-0.05, 0) is 41.0 Å². The Morgan fingerprint density at radius 1 is 0.931 bits per heavy atom. The number of benzene rings is 2. The first-order chi connectivity index (χ1) is 13.1. The number of amides is 1. The van der Waals surface area contributed by atoms with Gasteiger partial charge >= 0.3 is 10.2 Å². The van der Waals surface area contributed by atoms with Crippen molar-refractivity contribution in [3.63, 3.8) is 0 Å². The molecule has 0 aliphatic rings. The van der Waals surface area contributed by atoms with Crippen LogP contribution in [-0.4, -0.2) is 14.5 Å². The van der Waals surface area contributed by atoms with E-state index in [0.717, 1.165) is 5.56 Å². The zero-order chi connectivity index (χ0) is 22.2. The predicted molar refractivity (Wildman–Crippen MR) is 115 cm³/mol. The van der Waals surface area contributed by atoms with Gasteiger partial charge in [0.2, 0.25) is 0 Å². The molecule has 0 saturated heterocycles. The topological polar surface area (TPSA) is 89.5 Å². The van der Waals surface area contributed by atoms with E-state index in [1.54, 1.807) is 30.3 Å². The van der Waals surface area contributed by atoms with Crippen LogP contribution < -0.4 is 14.1 Å². The van der Waals surface area contributed by atoms with Crippen molar-refractivity contribution in [2.45, 2.75) is 59.3 Å². The lowest BCUT2D eigenvalue weighted by molar-refractivity contribution is -0.244. The quantitative estimate of drug-likeness (QED) is 0.811. The summed E-state index contributed by atoms with van der Waals surface area (Å²) >= 11 is 0. The average molecular weight is 418 g/mol. The van der Waals surface area contributed by atoms with E-state index in [9.17, 15) is 18.3 Å². The third-order valence-electron chi connectivity index (χ3n) is 4.50. The number of anilines is 2. The second-order valence-electron chi connectivity index (χ2n) is 9.21. The number of rotatable bonds is 4. The molecule has 0 fully saturated rings. The van der Waals surface area contributed by atoms with Crippen molar-refractivity contribution in [2.75, 3.05) is 9.03 Å². The summed E-state index contributed by atoms with van der Waals surface area (Å²) in [5, 5.41) is 12.2. The first-order valence-electron chi connectivity index (χ1n) is 9.39. The van der Waals surface area contributed by atoms with Gasteiger partial charge in [0.25, 0.3) is 0 Å². The summed E-state index contributed by atoms with van der Waals surface area (Å²) in [4.78, 5) is 12.2. The molecule has 0 heterocycles. The highest BCUT2D eigenvalue weighted by Crippen LogP contribution is 2.42. The number of hydrogen-bond donors (Lipinski definition) is 1. The van der Waals surface area contributed by atoms with Crippen LogP contribution in [0.25, 0.3) is 0 Å². The number of carbonyl (C=O) groups excluding carboxylic acids is 1. The summed E-state index contributed by atoms with van der Waals surface area (Å²) in [5.41, 5.74) is 1.54. The number of nitrogens with zero attached hydrogens (tertiary/aromatic N) is 1. The second kappa shape index (κ2) is 7.71. The normalized spacial score (nSPS) is 12.5. The minimum atomic E-state index is -4.48. The molecule has 0 radical (unpaired) electrons. The van der Waals surface area contributed by atoms with Gasteiger partial charge in [0.05, 0.1) is 11.4 Å². The van der Waals surface area contributed by atoms with Crippen LogP contribution in [-0.2, 0) is 21.0 Å². The number of carbonyl (C=O) groups is 1. The Labute approximate surface area is 173 Å². The third kappa shape index (κ3) is 5.09. The molecule has 2 aromatic rings. The third-order valence-corrected chi connectivity index (χ3v) is 5.81. The Morgan fingerprint density at radius 2 is 1.38 bits per heavy atom. The highest BCUT2D eigenvalue weighted by atomic mass is 32.2. The highest BCUT2D eigenvalue weighted by Gasteiger charge is 2.35. The van der Waals surface area contributed by atoms with E-state index in [4.69, 9.17) is 0 Å². The van der Waals surface area contributed by atoms with Crippen LogP contribution in [0, 0.1) is 6.92 Å². The fraction of sp³-hybridized carbons (Fsp3) is 0.409. The Hall–Kier alpha value is -2.54. The van der Waals surface area contributed by atoms with Gasteiger partial charge in [-0.1, -0.05) is 77.4 Å². The Bertz CT molecular complexity index is 966. The van der Waals surface area contributed by atoms with Crippen molar-refractivity contribution in [3.8, 4) is 0 Å². The van der Waals surface area contributed by atoms with Crippen molar-refractivity contribution >= 4 is 27.7 Å². The Balaban J connectivity index is 2.84. The molecule has 2 aromatic carbocycles. The van der Waals surface area contributed by atoms with E-state index >= 15 is 0 Å². The zero-order valence-electron chi connectivity index (χ0n) is 18.0. The van der Waals surface area contributed by atoms with Crippen LogP contribution in [0.15, 0.2) is 42.5 Å². The minimum absolute atomic E-state index is 0.124. The summed E-state index contributed by atoms with van der Waals surface area (Å²) in [6.45, 7) is 13.4. The largest absolute Gasteiger partial charge is 0.529 e. The molecule has 0 unspecified atom stereocenters. The summed E-state index contributed by atoms with van der Waals surface area (Å²) in [5.74, 6) is 0. The summed E-state index contributed by atoms with van der Waals surface area (Å²) in [6, 6.07) is 11.8. The maximum atomic E-state index is 13.2. The molecule has 0 atom stereocenters. The van der Waals surface area contributed by atoms with E-state index in [1.807, 2.05) is 60.6 Å². The van der Waals surface area contributed by atoms with Crippen molar-refractivity contribution in [2.24, 2.45) is 0 Å². The SMILES string of the molecule is Cc1cc(C(C)(C)C)c(N(C(=O)[O-])S(=O)(=O)Nc2ccccc2)c(C(C)(C)C)c1. The Kier molecular flexibility index (Phi) is 6.04. The lowest BCUT2D eigenvalue weighted by Crippen LogP contribution is -2.49. The molecular formula is C22H29N2O4S-. The molecule has 0 spiro atoms. The molecule has 0 aliphatic heterocycles. The molecule has 29 heavy (non-hydrogen) atoms. The molecule has 1 amide bonds. The number of para-hydroxylation sites is 1. The van der Waals surface area contributed by atoms with Crippen molar-refractivity contribution < 1.29 is 18.3 Å². The molecule has 158 valence electrons. The van der Waals surface area contributed by atoms with Gasteiger partial charge in [0.1, 0.15) is 0 Å². The summed E-state index contributed by atoms with van der Waals surface area (Å²) in [7, 11) is -4.48. The Morgan fingerprint density at radius 3 is 1.76 bits per heavy atom. The lowest BCUT2D eigenvalue weighted by atomic mass is 9.77. The van der Waals surface area contributed by atoms with E-state index < -0.39 is 27.1 Å². The van der Waals surface area contributed by atoms with Crippen LogP contribution in [0.5, 0.6) is 0 Å². The fourth-order valence-corrected chi connectivity index (χ4v) is 4.31. The molecule has 0 aromatic heterocycles. The maximum Gasteiger partial charge on any atom is 0.329 e. The van der Waals surface area contributed by atoms with Crippen molar-refractivity contribution in [3.05, 3.63) is 59.2 Å². The molecule has 0 bridgehead atoms. The van der Waals surface area contributed by atoms with Crippen molar-refractivity contribution in [1.82, 2.24) is 0 Å². The number of nitrogens with one attached hydrogen (secondary N) is 1. The van der Waals surface area contributed by atoms with Crippen LogP contribution in [0.2, 0.25) is 0 Å². The van der Waals surface area contributed by atoms with Gasteiger partial charge in [0.15, 0.2) is 6.09 Å². The van der Waals surface area contributed by atoms with Crippen LogP contribution in [0.3, 0.4) is 0 Å². The first kappa shape index (κ1) is 22.7. The molecule has 7 heteroatoms. The number of carboxylic acid groups (broad SMARTS) is 1. The molecule has 0 aliphatic carbocycles. The van der Waals surface area contributed by atoms with E-state index in [1.165, 1.54) is 0 Å². The average Bonchev–Trinajstić information content (AvgIpc) is 2.54. The smallest absolute Gasteiger partial charge is 0.329 e. The fourth-order valence-electron chi connectivity index (χ4n) is 3.15. The molecule has 0 saturated carbocycles. The zero-order valence-corrected chi connectivity index (χ0v) is 18.8. The standard InChI is InChI=1S/C22H30N2O4S/c1-15-13-17(21(2,3)4)19(18(14-15)22(5,6)7)24(20(25)26)29(27,28)23-16-11-9-8-10-12-16/h8-14,23H,1-7H3,(H,25,26)/p-1. The first-order valence-corrected chi connectivity index (χ1v) is 10.8. The molecule has 1 N–H and O–H groups in total. The van der Waals surface area contributed by atoms with E-state index in [2.05, 4.69) is 4.72 Å². The van der Waals surface area contributed by atoms with Gasteiger partial charge in [-0.2, -0.15) is 8.42 Å². The van der Waals surface area contributed by atoms with Crippen LogP contribution >= 0.6 is 0 Å². The second-order valence-corrected chi connectivity index (χ2v) is 10.7. The lowest BCUT2D eigenvalue weighted by Gasteiger charge is -2.36. The number of hydrogen-bond acceptors (Lipinski definition) is 4. The minimum Gasteiger partial charge on any atom is -0.529 e.